The lowest BCUT2D eigenvalue weighted by Gasteiger charge is -2.07. The number of hydrogen-bond donors (Lipinski definition) is 2. The minimum atomic E-state index is -4.44. The summed E-state index contributed by atoms with van der Waals surface area (Å²) in [5.41, 5.74) is -0.261. The third kappa shape index (κ3) is 3.54. The predicted molar refractivity (Wildman–Crippen MR) is 60.2 cm³/mol. The number of pyridine rings is 1. The smallest absolute Gasteiger partial charge is 0.310 e. The summed E-state index contributed by atoms with van der Waals surface area (Å²) in [7, 11) is 0. The lowest BCUT2D eigenvalue weighted by Crippen LogP contribution is -2.16. The maximum Gasteiger partial charge on any atom is 0.417 e. The second-order valence-electron chi connectivity index (χ2n) is 3.74. The minimum absolute atomic E-state index is 0.0443. The van der Waals surface area contributed by atoms with Crippen LogP contribution in [0.25, 0.3) is 0 Å². The Labute approximate surface area is 105 Å². The number of H-pyrrole nitrogens is 1. The van der Waals surface area contributed by atoms with Crippen LogP contribution in [0, 0.1) is 0 Å². The molecule has 0 atom stereocenters. The summed E-state index contributed by atoms with van der Waals surface area (Å²) in [5.74, 6) is -0.325. The van der Waals surface area contributed by atoms with Crippen molar-refractivity contribution >= 4 is 11.7 Å². The number of aromatic nitrogens is 3. The van der Waals surface area contributed by atoms with Crippen LogP contribution in [0.5, 0.6) is 0 Å². The molecule has 0 spiro atoms. The highest BCUT2D eigenvalue weighted by Crippen LogP contribution is 2.28. The molecule has 1 amide bonds. The summed E-state index contributed by atoms with van der Waals surface area (Å²) in [6, 6.07) is 3.59. The average Bonchev–Trinajstić information content (AvgIpc) is 2.81. The Morgan fingerprint density at radius 3 is 2.63 bits per heavy atom. The molecule has 100 valence electrons. The third-order valence-corrected chi connectivity index (χ3v) is 2.27. The summed E-state index contributed by atoms with van der Waals surface area (Å²) in [5, 5.41) is 8.67. The highest BCUT2D eigenvalue weighted by Gasteiger charge is 2.30. The molecular formula is C11H9F3N4O. The number of anilines is 1. The molecule has 2 aromatic heterocycles. The molecule has 2 heterocycles. The molecule has 2 rings (SSSR count). The molecule has 0 aromatic carbocycles. The number of carbonyl (C=O) groups excluding carboxylic acids is 1. The zero-order valence-electron chi connectivity index (χ0n) is 9.53. The van der Waals surface area contributed by atoms with E-state index >= 15 is 0 Å². The largest absolute Gasteiger partial charge is 0.417 e. The molecule has 19 heavy (non-hydrogen) atoms. The molecule has 2 aromatic rings. The number of halogens is 3. The Morgan fingerprint density at radius 1 is 1.32 bits per heavy atom. The highest BCUT2D eigenvalue weighted by atomic mass is 19.4. The Balaban J connectivity index is 1.98. The van der Waals surface area contributed by atoms with Crippen LogP contribution < -0.4 is 5.32 Å². The molecule has 0 unspecified atom stereocenters. The fourth-order valence-corrected chi connectivity index (χ4v) is 1.38. The second kappa shape index (κ2) is 5.09. The van der Waals surface area contributed by atoms with Crippen LogP contribution >= 0.6 is 0 Å². The van der Waals surface area contributed by atoms with E-state index in [2.05, 4.69) is 20.5 Å². The number of hydrogen-bond acceptors (Lipinski definition) is 3. The number of nitrogens with zero attached hydrogens (tertiary/aromatic N) is 2. The fourth-order valence-electron chi connectivity index (χ4n) is 1.38. The van der Waals surface area contributed by atoms with E-state index in [4.69, 9.17) is 0 Å². The van der Waals surface area contributed by atoms with Gasteiger partial charge in [-0.2, -0.15) is 18.3 Å². The van der Waals surface area contributed by atoms with Crippen LogP contribution in [0.2, 0.25) is 0 Å². The summed E-state index contributed by atoms with van der Waals surface area (Å²) in [6.45, 7) is 0. The van der Waals surface area contributed by atoms with E-state index < -0.39 is 17.6 Å². The van der Waals surface area contributed by atoms with Crippen LogP contribution in [0.3, 0.4) is 0 Å². The van der Waals surface area contributed by atoms with Crippen LogP contribution in [-0.2, 0) is 17.4 Å². The zero-order valence-corrected chi connectivity index (χ0v) is 9.53. The molecule has 0 aliphatic rings. The lowest BCUT2D eigenvalue weighted by molar-refractivity contribution is -0.137. The van der Waals surface area contributed by atoms with E-state index in [1.807, 2.05) is 0 Å². The van der Waals surface area contributed by atoms with Gasteiger partial charge in [-0.1, -0.05) is 0 Å². The van der Waals surface area contributed by atoms with Gasteiger partial charge in [0.05, 0.1) is 12.0 Å². The quantitative estimate of drug-likeness (QED) is 0.896. The fraction of sp³-hybridized carbons (Fsp3) is 0.182. The van der Waals surface area contributed by atoms with E-state index in [1.54, 1.807) is 6.07 Å². The van der Waals surface area contributed by atoms with Gasteiger partial charge in [0.2, 0.25) is 5.91 Å². The number of aromatic amines is 1. The van der Waals surface area contributed by atoms with E-state index in [0.717, 1.165) is 12.1 Å². The molecule has 0 radical (unpaired) electrons. The number of rotatable bonds is 3. The first-order valence-corrected chi connectivity index (χ1v) is 5.26. The van der Waals surface area contributed by atoms with Crippen LogP contribution in [0.15, 0.2) is 30.6 Å². The summed E-state index contributed by atoms with van der Waals surface area (Å²) in [6.07, 6.45) is -2.22. The van der Waals surface area contributed by atoms with Gasteiger partial charge in [-0.15, -0.1) is 0 Å². The van der Waals surface area contributed by atoms with Gasteiger partial charge in [-0.05, 0) is 18.2 Å². The van der Waals surface area contributed by atoms with E-state index in [-0.39, 0.29) is 12.2 Å². The van der Waals surface area contributed by atoms with Crippen LogP contribution in [0.1, 0.15) is 11.3 Å². The Hall–Kier alpha value is -2.38. The molecule has 0 aliphatic heterocycles. The van der Waals surface area contributed by atoms with Crippen molar-refractivity contribution in [2.45, 2.75) is 12.6 Å². The lowest BCUT2D eigenvalue weighted by atomic mass is 10.2. The van der Waals surface area contributed by atoms with Gasteiger partial charge in [-0.25, -0.2) is 4.98 Å². The first-order chi connectivity index (χ1) is 8.95. The topological polar surface area (TPSA) is 70.7 Å². The van der Waals surface area contributed by atoms with E-state index in [9.17, 15) is 18.0 Å². The van der Waals surface area contributed by atoms with Gasteiger partial charge in [0.1, 0.15) is 5.82 Å². The molecule has 2 N–H and O–H groups in total. The van der Waals surface area contributed by atoms with Crippen molar-refractivity contribution in [1.82, 2.24) is 15.2 Å². The highest BCUT2D eigenvalue weighted by molar-refractivity contribution is 5.91. The van der Waals surface area contributed by atoms with Crippen molar-refractivity contribution in [2.24, 2.45) is 0 Å². The monoisotopic (exact) mass is 270 g/mol. The number of nitrogens with one attached hydrogen (secondary N) is 2. The van der Waals surface area contributed by atoms with Gasteiger partial charge in [0.25, 0.3) is 0 Å². The zero-order chi connectivity index (χ0) is 13.9. The predicted octanol–water partition coefficient (Wildman–Crippen LogP) is 2.00. The SMILES string of the molecule is O=C(Cc1ccn[nH]1)Nc1ccc(C(F)(F)F)cn1. The van der Waals surface area contributed by atoms with Crippen molar-refractivity contribution in [3.63, 3.8) is 0 Å². The molecule has 0 saturated heterocycles. The normalized spacial score (nSPS) is 11.3. The van der Waals surface area contributed by atoms with Crippen molar-refractivity contribution in [3.05, 3.63) is 41.9 Å². The van der Waals surface area contributed by atoms with Crippen molar-refractivity contribution in [2.75, 3.05) is 5.32 Å². The van der Waals surface area contributed by atoms with Gasteiger partial charge < -0.3 is 5.32 Å². The maximum absolute atomic E-state index is 12.3. The molecule has 0 bridgehead atoms. The van der Waals surface area contributed by atoms with Crippen molar-refractivity contribution < 1.29 is 18.0 Å². The maximum atomic E-state index is 12.3. The second-order valence-corrected chi connectivity index (χ2v) is 3.74. The summed E-state index contributed by atoms with van der Waals surface area (Å²) >= 11 is 0. The molecule has 0 saturated carbocycles. The van der Waals surface area contributed by atoms with Crippen LogP contribution in [0.4, 0.5) is 19.0 Å². The van der Waals surface area contributed by atoms with Gasteiger partial charge >= 0.3 is 6.18 Å². The van der Waals surface area contributed by atoms with E-state index in [1.165, 1.54) is 6.20 Å². The minimum Gasteiger partial charge on any atom is -0.310 e. The van der Waals surface area contributed by atoms with E-state index in [0.29, 0.717) is 11.9 Å². The standard InChI is InChI=1S/C11H9F3N4O/c12-11(13,14)7-1-2-9(15-6-7)17-10(19)5-8-3-4-16-18-8/h1-4,6H,5H2,(H,16,18)(H,15,17,19). The Morgan fingerprint density at radius 2 is 2.11 bits per heavy atom. The number of amides is 1. The number of carbonyl (C=O) groups is 1. The molecular weight excluding hydrogens is 261 g/mol. The average molecular weight is 270 g/mol. The van der Waals surface area contributed by atoms with Gasteiger partial charge in [0, 0.05) is 18.1 Å². The summed E-state index contributed by atoms with van der Waals surface area (Å²) < 4.78 is 36.9. The summed E-state index contributed by atoms with van der Waals surface area (Å²) in [4.78, 5) is 15.1. The van der Waals surface area contributed by atoms with Crippen molar-refractivity contribution in [1.29, 1.82) is 0 Å². The first-order valence-electron chi connectivity index (χ1n) is 5.26. The molecule has 0 aliphatic carbocycles. The molecule has 0 fully saturated rings. The molecule has 8 heteroatoms. The van der Waals surface area contributed by atoms with Crippen LogP contribution in [-0.4, -0.2) is 21.1 Å². The van der Waals surface area contributed by atoms with Gasteiger partial charge in [-0.3, -0.25) is 9.89 Å². The molecule has 5 nitrogen and oxygen atoms in total. The Kier molecular flexibility index (Phi) is 3.50. The first kappa shape index (κ1) is 13.1. The number of alkyl halides is 3. The van der Waals surface area contributed by atoms with Gasteiger partial charge in [0.15, 0.2) is 0 Å². The van der Waals surface area contributed by atoms with Crippen molar-refractivity contribution in [3.8, 4) is 0 Å². The Bertz CT molecular complexity index is 548. The third-order valence-electron chi connectivity index (χ3n) is 2.27.